The van der Waals surface area contributed by atoms with E-state index in [9.17, 15) is 5.11 Å². The number of rotatable bonds is 4. The number of guanidine groups is 1. The minimum absolute atomic E-state index is 0.548. The second-order valence-corrected chi connectivity index (χ2v) is 8.49. The molecule has 3 rings (SSSR count). The standard InChI is InChI=1S/C17H32N4OS/c1-18-16(19-13-17(22)6-10-23-14-17)21-9-5-15(12-21)11-20-7-3-2-4-8-20/h15,22H,2-14H2,1H3,(H,18,19). The maximum Gasteiger partial charge on any atom is 0.193 e. The molecule has 0 aromatic carbocycles. The molecule has 3 aliphatic rings. The Balaban J connectivity index is 1.44. The highest BCUT2D eigenvalue weighted by Gasteiger charge is 2.33. The lowest BCUT2D eigenvalue weighted by molar-refractivity contribution is 0.0718. The first-order valence-corrected chi connectivity index (χ1v) is 10.3. The molecular weight excluding hydrogens is 308 g/mol. The lowest BCUT2D eigenvalue weighted by atomic mass is 10.0. The van der Waals surface area contributed by atoms with Crippen LogP contribution < -0.4 is 5.32 Å². The summed E-state index contributed by atoms with van der Waals surface area (Å²) in [7, 11) is 1.85. The van der Waals surface area contributed by atoms with Crippen molar-refractivity contribution in [3.05, 3.63) is 0 Å². The molecule has 0 bridgehead atoms. The van der Waals surface area contributed by atoms with Crippen molar-refractivity contribution in [2.75, 3.05) is 57.8 Å². The predicted octanol–water partition coefficient (Wildman–Crippen LogP) is 1.24. The van der Waals surface area contributed by atoms with Crippen LogP contribution in [-0.2, 0) is 0 Å². The molecule has 2 unspecified atom stereocenters. The van der Waals surface area contributed by atoms with E-state index in [1.54, 1.807) is 0 Å². The van der Waals surface area contributed by atoms with Gasteiger partial charge in [0.2, 0.25) is 0 Å². The van der Waals surface area contributed by atoms with Gasteiger partial charge in [-0.1, -0.05) is 6.42 Å². The van der Waals surface area contributed by atoms with Gasteiger partial charge >= 0.3 is 0 Å². The van der Waals surface area contributed by atoms with E-state index >= 15 is 0 Å². The highest BCUT2D eigenvalue weighted by molar-refractivity contribution is 7.99. The van der Waals surface area contributed by atoms with Crippen molar-refractivity contribution in [3.63, 3.8) is 0 Å². The number of thioether (sulfide) groups is 1. The molecule has 0 aromatic rings. The quantitative estimate of drug-likeness (QED) is 0.596. The second-order valence-electron chi connectivity index (χ2n) is 7.39. The van der Waals surface area contributed by atoms with Gasteiger partial charge in [0.15, 0.2) is 5.96 Å². The van der Waals surface area contributed by atoms with Crippen LogP contribution in [0.3, 0.4) is 0 Å². The molecule has 0 spiro atoms. The van der Waals surface area contributed by atoms with E-state index in [1.807, 2.05) is 18.8 Å². The number of nitrogens with zero attached hydrogens (tertiary/aromatic N) is 3. The molecule has 0 aliphatic carbocycles. The molecule has 0 saturated carbocycles. The average Bonchev–Trinajstić information content (AvgIpc) is 3.19. The summed E-state index contributed by atoms with van der Waals surface area (Å²) in [6.07, 6.45) is 6.30. The summed E-state index contributed by atoms with van der Waals surface area (Å²) in [6.45, 7) is 6.63. The molecule has 132 valence electrons. The van der Waals surface area contributed by atoms with Gasteiger partial charge in [-0.05, 0) is 50.4 Å². The molecule has 23 heavy (non-hydrogen) atoms. The molecule has 2 N–H and O–H groups in total. The fourth-order valence-electron chi connectivity index (χ4n) is 3.99. The highest BCUT2D eigenvalue weighted by Crippen LogP contribution is 2.27. The van der Waals surface area contributed by atoms with Crippen molar-refractivity contribution in [3.8, 4) is 0 Å². The molecule has 0 aromatic heterocycles. The molecule has 5 nitrogen and oxygen atoms in total. The van der Waals surface area contributed by atoms with E-state index in [1.165, 1.54) is 45.3 Å². The Bertz CT molecular complexity index is 405. The summed E-state index contributed by atoms with van der Waals surface area (Å²) >= 11 is 1.84. The summed E-state index contributed by atoms with van der Waals surface area (Å²) in [5.74, 6) is 3.64. The van der Waals surface area contributed by atoms with Crippen LogP contribution in [0.15, 0.2) is 4.99 Å². The molecular formula is C17H32N4OS. The normalized spacial score (nSPS) is 33.4. The van der Waals surface area contributed by atoms with E-state index < -0.39 is 5.60 Å². The molecule has 6 heteroatoms. The largest absolute Gasteiger partial charge is 0.387 e. The number of aliphatic imine (C=N–C) groups is 1. The van der Waals surface area contributed by atoms with Crippen LogP contribution in [0.5, 0.6) is 0 Å². The number of likely N-dealkylation sites (tertiary alicyclic amines) is 2. The number of hydrogen-bond acceptors (Lipinski definition) is 4. The van der Waals surface area contributed by atoms with Gasteiger partial charge in [0.25, 0.3) is 0 Å². The zero-order valence-corrected chi connectivity index (χ0v) is 15.3. The SMILES string of the molecule is CN=C(NCC1(O)CCSC1)N1CCC(CN2CCCCC2)C1. The van der Waals surface area contributed by atoms with Gasteiger partial charge in [0.1, 0.15) is 0 Å². The number of hydrogen-bond donors (Lipinski definition) is 2. The number of nitrogens with one attached hydrogen (secondary N) is 1. The Kier molecular flexibility index (Phi) is 6.10. The van der Waals surface area contributed by atoms with Crippen LogP contribution in [0.1, 0.15) is 32.1 Å². The van der Waals surface area contributed by atoms with E-state index in [4.69, 9.17) is 0 Å². The third-order valence-electron chi connectivity index (χ3n) is 5.42. The van der Waals surface area contributed by atoms with E-state index in [-0.39, 0.29) is 0 Å². The lowest BCUT2D eigenvalue weighted by Gasteiger charge is -2.29. The smallest absolute Gasteiger partial charge is 0.193 e. The Labute approximate surface area is 144 Å². The zero-order chi connectivity index (χ0) is 16.1. The topological polar surface area (TPSA) is 51.1 Å². The van der Waals surface area contributed by atoms with E-state index in [2.05, 4.69) is 20.1 Å². The van der Waals surface area contributed by atoms with Crippen molar-refractivity contribution >= 4 is 17.7 Å². The van der Waals surface area contributed by atoms with Gasteiger partial charge in [-0.2, -0.15) is 11.8 Å². The third-order valence-corrected chi connectivity index (χ3v) is 6.65. The van der Waals surface area contributed by atoms with Gasteiger partial charge in [-0.15, -0.1) is 0 Å². The Morgan fingerprint density at radius 3 is 2.83 bits per heavy atom. The fourth-order valence-corrected chi connectivity index (χ4v) is 5.29. The van der Waals surface area contributed by atoms with E-state index in [0.29, 0.717) is 6.54 Å². The van der Waals surface area contributed by atoms with Gasteiger partial charge in [-0.25, -0.2) is 0 Å². The summed E-state index contributed by atoms with van der Waals surface area (Å²) < 4.78 is 0. The minimum atomic E-state index is -0.548. The van der Waals surface area contributed by atoms with Crippen molar-refractivity contribution in [2.45, 2.75) is 37.7 Å². The number of aliphatic hydroxyl groups is 1. The summed E-state index contributed by atoms with van der Waals surface area (Å²) in [4.78, 5) is 9.46. The zero-order valence-electron chi connectivity index (χ0n) is 14.5. The molecule has 3 fully saturated rings. The van der Waals surface area contributed by atoms with Crippen LogP contribution in [0.25, 0.3) is 0 Å². The molecule has 3 saturated heterocycles. The lowest BCUT2D eigenvalue weighted by Crippen LogP contribution is -2.48. The Hall–Kier alpha value is -0.460. The summed E-state index contributed by atoms with van der Waals surface area (Å²) in [5, 5.41) is 13.9. The maximum absolute atomic E-state index is 10.5. The molecule has 3 heterocycles. The van der Waals surface area contributed by atoms with E-state index in [0.717, 1.165) is 42.9 Å². The summed E-state index contributed by atoms with van der Waals surface area (Å²) in [5.41, 5.74) is -0.548. The molecule has 0 amide bonds. The molecule has 0 radical (unpaired) electrons. The van der Waals surface area contributed by atoms with Crippen molar-refractivity contribution in [2.24, 2.45) is 10.9 Å². The van der Waals surface area contributed by atoms with Crippen LogP contribution in [0, 0.1) is 5.92 Å². The first kappa shape index (κ1) is 17.4. The van der Waals surface area contributed by atoms with Crippen LogP contribution in [-0.4, -0.2) is 84.3 Å². The van der Waals surface area contributed by atoms with Crippen LogP contribution in [0.2, 0.25) is 0 Å². The fraction of sp³-hybridized carbons (Fsp3) is 0.941. The first-order chi connectivity index (χ1) is 11.2. The van der Waals surface area contributed by atoms with Crippen molar-refractivity contribution in [1.29, 1.82) is 0 Å². The van der Waals surface area contributed by atoms with Gasteiger partial charge in [0.05, 0.1) is 5.60 Å². The number of piperidine rings is 1. The van der Waals surface area contributed by atoms with Gasteiger partial charge in [0, 0.05) is 39.0 Å². The first-order valence-electron chi connectivity index (χ1n) is 9.17. The molecule has 2 atom stereocenters. The maximum atomic E-state index is 10.5. The highest BCUT2D eigenvalue weighted by atomic mass is 32.2. The van der Waals surface area contributed by atoms with Gasteiger partial charge < -0.3 is 20.2 Å². The summed E-state index contributed by atoms with van der Waals surface area (Å²) in [6, 6.07) is 0. The second kappa shape index (κ2) is 8.08. The van der Waals surface area contributed by atoms with Gasteiger partial charge in [-0.3, -0.25) is 4.99 Å². The van der Waals surface area contributed by atoms with Crippen molar-refractivity contribution < 1.29 is 5.11 Å². The average molecular weight is 341 g/mol. The predicted molar refractivity (Wildman–Crippen MR) is 98.2 cm³/mol. The van der Waals surface area contributed by atoms with Crippen LogP contribution >= 0.6 is 11.8 Å². The Morgan fingerprint density at radius 2 is 2.13 bits per heavy atom. The van der Waals surface area contributed by atoms with Crippen molar-refractivity contribution in [1.82, 2.24) is 15.1 Å². The third kappa shape index (κ3) is 4.77. The van der Waals surface area contributed by atoms with Crippen LogP contribution in [0.4, 0.5) is 0 Å². The minimum Gasteiger partial charge on any atom is -0.387 e. The Morgan fingerprint density at radius 1 is 1.30 bits per heavy atom. The molecule has 3 aliphatic heterocycles. The monoisotopic (exact) mass is 340 g/mol.